The second kappa shape index (κ2) is 10.2. The lowest BCUT2D eigenvalue weighted by Crippen LogP contribution is -2.65. The van der Waals surface area contributed by atoms with Gasteiger partial charge in [0.25, 0.3) is 11.8 Å². The van der Waals surface area contributed by atoms with E-state index < -0.39 is 5.54 Å². The zero-order valence-corrected chi connectivity index (χ0v) is 20.9. The molecule has 2 aromatic rings. The van der Waals surface area contributed by atoms with E-state index in [2.05, 4.69) is 22.7 Å². The van der Waals surface area contributed by atoms with Gasteiger partial charge in [-0.25, -0.2) is 0 Å². The van der Waals surface area contributed by atoms with E-state index in [4.69, 9.17) is 0 Å². The van der Waals surface area contributed by atoms with Gasteiger partial charge < -0.3 is 15.5 Å². The van der Waals surface area contributed by atoms with Crippen LogP contribution in [0.3, 0.4) is 0 Å². The van der Waals surface area contributed by atoms with E-state index in [0.29, 0.717) is 17.9 Å². The van der Waals surface area contributed by atoms with E-state index in [9.17, 15) is 14.4 Å². The van der Waals surface area contributed by atoms with Crippen LogP contribution < -0.4 is 10.6 Å². The van der Waals surface area contributed by atoms with E-state index in [1.165, 1.54) is 10.7 Å². The number of benzene rings is 1. The summed E-state index contributed by atoms with van der Waals surface area (Å²) >= 11 is 1.59. The van der Waals surface area contributed by atoms with Crippen LogP contribution in [0, 0.1) is 0 Å². The molecule has 8 nitrogen and oxygen atoms in total. The Kier molecular flexibility index (Phi) is 7.30. The summed E-state index contributed by atoms with van der Waals surface area (Å²) in [7, 11) is 0. The molecule has 0 spiro atoms. The fraction of sp³-hybridized carbons (Fsp3) is 0.520. The fourth-order valence-electron chi connectivity index (χ4n) is 4.73. The molecule has 2 N–H and O–H groups in total. The Morgan fingerprint density at radius 3 is 2.71 bits per heavy atom. The standard InChI is InChI=1S/C25H33N5O3S/c1-4-5-13-29-23(32)21-15-20(22(31)26-18-11-8-12-19(14-18)34-3)28-30(21)16-25(29,2)24(33)27-17-9-6-7-10-17/h8,11-12,14-15,17H,4-7,9-10,13,16H2,1-3H3,(H,26,31)(H,27,33). The molecule has 0 radical (unpaired) electrons. The molecule has 1 aromatic carbocycles. The summed E-state index contributed by atoms with van der Waals surface area (Å²) in [6.07, 6.45) is 7.85. The number of fused-ring (bicyclic) bond motifs is 1. The van der Waals surface area contributed by atoms with Gasteiger partial charge in [0.2, 0.25) is 5.91 Å². The molecular weight excluding hydrogens is 450 g/mol. The maximum Gasteiger partial charge on any atom is 0.276 e. The largest absolute Gasteiger partial charge is 0.351 e. The van der Waals surface area contributed by atoms with Crippen molar-refractivity contribution in [3.63, 3.8) is 0 Å². The molecule has 2 heterocycles. The maximum absolute atomic E-state index is 13.5. The number of carbonyl (C=O) groups excluding carboxylic acids is 3. The highest BCUT2D eigenvalue weighted by atomic mass is 32.2. The first-order valence-corrected chi connectivity index (χ1v) is 13.2. The minimum Gasteiger partial charge on any atom is -0.351 e. The molecule has 1 atom stereocenters. The molecule has 9 heteroatoms. The van der Waals surface area contributed by atoms with Gasteiger partial charge >= 0.3 is 0 Å². The Morgan fingerprint density at radius 1 is 1.24 bits per heavy atom. The normalized spacial score (nSPS) is 20.3. The van der Waals surface area contributed by atoms with Gasteiger partial charge in [-0.05, 0) is 50.6 Å². The van der Waals surface area contributed by atoms with Crippen LogP contribution in [0.5, 0.6) is 0 Å². The Labute approximate surface area is 204 Å². The van der Waals surface area contributed by atoms with E-state index >= 15 is 0 Å². The first-order chi connectivity index (χ1) is 16.4. The Bertz CT molecular complexity index is 1080. The highest BCUT2D eigenvalue weighted by Crippen LogP contribution is 2.29. The summed E-state index contributed by atoms with van der Waals surface area (Å²) in [5, 5.41) is 10.5. The second-order valence-electron chi connectivity index (χ2n) is 9.30. The van der Waals surface area contributed by atoms with Crippen LogP contribution in [0.1, 0.15) is 73.3 Å². The van der Waals surface area contributed by atoms with E-state index in [1.807, 2.05) is 37.4 Å². The Balaban J connectivity index is 1.59. The van der Waals surface area contributed by atoms with Crippen LogP contribution >= 0.6 is 11.8 Å². The lowest BCUT2D eigenvalue weighted by Gasteiger charge is -2.43. The molecule has 4 rings (SSSR count). The third kappa shape index (κ3) is 4.85. The summed E-state index contributed by atoms with van der Waals surface area (Å²) in [5.41, 5.74) is 0.104. The number of unbranched alkanes of at least 4 members (excludes halogenated alkanes) is 1. The number of nitrogens with zero attached hydrogens (tertiary/aromatic N) is 3. The zero-order chi connectivity index (χ0) is 24.3. The number of amides is 3. The predicted octanol–water partition coefficient (Wildman–Crippen LogP) is 3.93. The minimum atomic E-state index is -1.06. The molecule has 2 aliphatic rings. The molecular formula is C25H33N5O3S. The molecule has 0 saturated heterocycles. The molecule has 1 aromatic heterocycles. The number of rotatable bonds is 8. The Morgan fingerprint density at radius 2 is 2.00 bits per heavy atom. The highest BCUT2D eigenvalue weighted by Gasteiger charge is 2.48. The quantitative estimate of drug-likeness (QED) is 0.555. The highest BCUT2D eigenvalue weighted by molar-refractivity contribution is 7.98. The van der Waals surface area contributed by atoms with Crippen LogP contribution in [0.15, 0.2) is 35.2 Å². The van der Waals surface area contributed by atoms with Crippen molar-refractivity contribution in [2.24, 2.45) is 0 Å². The molecule has 1 aliphatic heterocycles. The van der Waals surface area contributed by atoms with Crippen molar-refractivity contribution in [1.29, 1.82) is 0 Å². The van der Waals surface area contributed by atoms with E-state index in [0.717, 1.165) is 43.4 Å². The number of hydrogen-bond donors (Lipinski definition) is 2. The number of carbonyl (C=O) groups is 3. The van der Waals surface area contributed by atoms with Crippen molar-refractivity contribution < 1.29 is 14.4 Å². The molecule has 182 valence electrons. The zero-order valence-electron chi connectivity index (χ0n) is 20.1. The van der Waals surface area contributed by atoms with Crippen molar-refractivity contribution in [3.8, 4) is 0 Å². The van der Waals surface area contributed by atoms with Gasteiger partial charge in [0.15, 0.2) is 5.69 Å². The van der Waals surface area contributed by atoms with Crippen molar-refractivity contribution in [2.75, 3.05) is 18.1 Å². The summed E-state index contributed by atoms with van der Waals surface area (Å²) in [4.78, 5) is 42.6. The summed E-state index contributed by atoms with van der Waals surface area (Å²) in [6, 6.07) is 9.24. The molecule has 1 unspecified atom stereocenters. The number of thioether (sulfide) groups is 1. The van der Waals surface area contributed by atoms with Crippen LogP contribution in [0.2, 0.25) is 0 Å². The summed E-state index contributed by atoms with van der Waals surface area (Å²) in [5.74, 6) is -0.797. The molecule has 1 fully saturated rings. The summed E-state index contributed by atoms with van der Waals surface area (Å²) < 4.78 is 1.52. The number of aromatic nitrogens is 2. The lowest BCUT2D eigenvalue weighted by atomic mass is 9.94. The average Bonchev–Trinajstić information content (AvgIpc) is 3.49. The Hall–Kier alpha value is -2.81. The smallest absolute Gasteiger partial charge is 0.276 e. The molecule has 3 amide bonds. The predicted molar refractivity (Wildman–Crippen MR) is 133 cm³/mol. The van der Waals surface area contributed by atoms with Gasteiger partial charge in [0.1, 0.15) is 11.2 Å². The average molecular weight is 484 g/mol. The van der Waals surface area contributed by atoms with Crippen molar-refractivity contribution in [2.45, 2.75) is 75.4 Å². The monoisotopic (exact) mass is 483 g/mol. The van der Waals surface area contributed by atoms with Gasteiger partial charge in [-0.15, -0.1) is 11.8 Å². The van der Waals surface area contributed by atoms with Crippen LogP contribution in [-0.4, -0.2) is 56.8 Å². The molecule has 1 saturated carbocycles. The van der Waals surface area contributed by atoms with Crippen LogP contribution in [0.25, 0.3) is 0 Å². The molecule has 0 bridgehead atoms. The van der Waals surface area contributed by atoms with Gasteiger partial charge in [0.05, 0.1) is 6.54 Å². The number of anilines is 1. The van der Waals surface area contributed by atoms with Crippen LogP contribution in [0.4, 0.5) is 5.69 Å². The van der Waals surface area contributed by atoms with Crippen molar-refractivity contribution in [1.82, 2.24) is 20.0 Å². The molecule has 1 aliphatic carbocycles. The fourth-order valence-corrected chi connectivity index (χ4v) is 5.19. The first-order valence-electron chi connectivity index (χ1n) is 12.0. The van der Waals surface area contributed by atoms with Gasteiger partial charge in [-0.1, -0.05) is 32.3 Å². The lowest BCUT2D eigenvalue weighted by molar-refractivity contribution is -0.133. The van der Waals surface area contributed by atoms with Gasteiger partial charge in [-0.2, -0.15) is 5.10 Å². The van der Waals surface area contributed by atoms with Gasteiger partial charge in [-0.3, -0.25) is 19.1 Å². The third-order valence-electron chi connectivity index (χ3n) is 6.77. The topological polar surface area (TPSA) is 96.3 Å². The molecule has 34 heavy (non-hydrogen) atoms. The third-order valence-corrected chi connectivity index (χ3v) is 7.50. The second-order valence-corrected chi connectivity index (χ2v) is 10.2. The van der Waals surface area contributed by atoms with Crippen LogP contribution in [-0.2, 0) is 11.3 Å². The van der Waals surface area contributed by atoms with Gasteiger partial charge in [0, 0.05) is 29.2 Å². The van der Waals surface area contributed by atoms with Crippen molar-refractivity contribution >= 4 is 35.2 Å². The minimum absolute atomic E-state index is 0.148. The first kappa shape index (κ1) is 24.3. The summed E-state index contributed by atoms with van der Waals surface area (Å²) in [6.45, 7) is 4.57. The maximum atomic E-state index is 13.5. The van der Waals surface area contributed by atoms with Crippen molar-refractivity contribution in [3.05, 3.63) is 41.7 Å². The number of nitrogens with one attached hydrogen (secondary N) is 2. The number of hydrogen-bond acceptors (Lipinski definition) is 5. The van der Waals surface area contributed by atoms with E-state index in [-0.39, 0.29) is 36.0 Å². The SMILES string of the molecule is CCCCN1C(=O)c2cc(C(=O)Nc3cccc(SC)c3)nn2CC1(C)C(=O)NC1CCCC1. The van der Waals surface area contributed by atoms with E-state index in [1.54, 1.807) is 16.7 Å².